The van der Waals surface area contributed by atoms with E-state index in [2.05, 4.69) is 133 Å². The number of benzene rings is 6. The zero-order valence-corrected chi connectivity index (χ0v) is 24.0. The Bertz CT molecular complexity index is 2500. The minimum absolute atomic E-state index is 0.985. The molecular formula is C40H24N2S. The Balaban J connectivity index is 1.34. The largest absolute Gasteiger partial charge is 0.256 e. The molecule has 3 heterocycles. The molecule has 9 rings (SSSR count). The topological polar surface area (TPSA) is 25.8 Å². The molecule has 200 valence electrons. The predicted octanol–water partition coefficient (Wildman–Crippen LogP) is 11.3. The standard InChI is InChI=1S/C40H24N2S/c1-3-10-25(11-4-1)34-23-27-18-19-28(22-29(27)24-41-34)30-15-9-16-32-37-33(39(42-40(30)32)26-12-5-2-6-13-26)20-21-36-38(37)31-14-7-8-17-35(31)43-36/h1-24H. The van der Waals surface area contributed by atoms with Gasteiger partial charge in [-0.05, 0) is 35.2 Å². The number of pyridine rings is 2. The molecule has 0 N–H and O–H groups in total. The summed E-state index contributed by atoms with van der Waals surface area (Å²) < 4.78 is 2.61. The first kappa shape index (κ1) is 24.2. The van der Waals surface area contributed by atoms with Crippen LogP contribution in [0.25, 0.3) is 86.3 Å². The van der Waals surface area contributed by atoms with Gasteiger partial charge in [0.2, 0.25) is 0 Å². The minimum Gasteiger partial charge on any atom is -0.256 e. The van der Waals surface area contributed by atoms with E-state index in [1.54, 1.807) is 0 Å². The summed E-state index contributed by atoms with van der Waals surface area (Å²) in [5.41, 5.74) is 7.53. The summed E-state index contributed by atoms with van der Waals surface area (Å²) >= 11 is 1.86. The lowest BCUT2D eigenvalue weighted by Crippen LogP contribution is -1.93. The van der Waals surface area contributed by atoms with E-state index in [4.69, 9.17) is 9.97 Å². The summed E-state index contributed by atoms with van der Waals surface area (Å²) in [5, 5.41) is 8.54. The van der Waals surface area contributed by atoms with Gasteiger partial charge < -0.3 is 0 Å². The molecular weight excluding hydrogens is 541 g/mol. The molecule has 9 aromatic rings. The monoisotopic (exact) mass is 564 g/mol. The molecule has 0 saturated carbocycles. The zero-order valence-electron chi connectivity index (χ0n) is 23.2. The molecule has 43 heavy (non-hydrogen) atoms. The lowest BCUT2D eigenvalue weighted by atomic mass is 9.93. The van der Waals surface area contributed by atoms with Crippen LogP contribution in [-0.4, -0.2) is 9.97 Å². The maximum Gasteiger partial charge on any atom is 0.0794 e. The van der Waals surface area contributed by atoms with Crippen molar-refractivity contribution in [2.24, 2.45) is 0 Å². The summed E-state index contributed by atoms with van der Waals surface area (Å²) in [6, 6.07) is 49.7. The van der Waals surface area contributed by atoms with Crippen LogP contribution in [0.5, 0.6) is 0 Å². The molecule has 0 aliphatic rings. The van der Waals surface area contributed by atoms with Crippen LogP contribution in [0.15, 0.2) is 146 Å². The number of nitrogens with zero attached hydrogens (tertiary/aromatic N) is 2. The van der Waals surface area contributed by atoms with E-state index >= 15 is 0 Å². The molecule has 0 bridgehead atoms. The van der Waals surface area contributed by atoms with Gasteiger partial charge in [0.1, 0.15) is 0 Å². The van der Waals surface area contributed by atoms with Crippen molar-refractivity contribution in [3.05, 3.63) is 146 Å². The summed E-state index contributed by atoms with van der Waals surface area (Å²) in [6.07, 6.45) is 1.99. The number of aromatic nitrogens is 2. The predicted molar refractivity (Wildman–Crippen MR) is 184 cm³/mol. The van der Waals surface area contributed by atoms with Gasteiger partial charge in [-0.3, -0.25) is 4.98 Å². The summed E-state index contributed by atoms with van der Waals surface area (Å²) in [7, 11) is 0. The van der Waals surface area contributed by atoms with Gasteiger partial charge >= 0.3 is 0 Å². The summed E-state index contributed by atoms with van der Waals surface area (Å²) in [5.74, 6) is 0. The van der Waals surface area contributed by atoms with Crippen LogP contribution in [0, 0.1) is 0 Å². The highest BCUT2D eigenvalue weighted by atomic mass is 32.1. The third-order valence-corrected chi connectivity index (χ3v) is 9.61. The van der Waals surface area contributed by atoms with Gasteiger partial charge in [0, 0.05) is 64.6 Å². The first-order valence-corrected chi connectivity index (χ1v) is 15.3. The van der Waals surface area contributed by atoms with E-state index in [0.717, 1.165) is 44.5 Å². The third-order valence-electron chi connectivity index (χ3n) is 8.48. The quantitative estimate of drug-likeness (QED) is 0.199. The van der Waals surface area contributed by atoms with E-state index in [-0.39, 0.29) is 0 Å². The molecule has 0 unspecified atom stereocenters. The fraction of sp³-hybridized carbons (Fsp3) is 0. The van der Waals surface area contributed by atoms with E-state index < -0.39 is 0 Å². The van der Waals surface area contributed by atoms with Gasteiger partial charge in [-0.25, -0.2) is 4.98 Å². The smallest absolute Gasteiger partial charge is 0.0794 e. The van der Waals surface area contributed by atoms with Crippen molar-refractivity contribution in [2.45, 2.75) is 0 Å². The lowest BCUT2D eigenvalue weighted by molar-refractivity contribution is 1.36. The van der Waals surface area contributed by atoms with Crippen molar-refractivity contribution >= 4 is 64.0 Å². The molecule has 0 atom stereocenters. The van der Waals surface area contributed by atoms with Crippen LogP contribution >= 0.6 is 11.3 Å². The highest BCUT2D eigenvalue weighted by molar-refractivity contribution is 7.26. The Labute approximate surface area is 252 Å². The Hall–Kier alpha value is -5.38. The summed E-state index contributed by atoms with van der Waals surface area (Å²) in [6.45, 7) is 0. The highest BCUT2D eigenvalue weighted by Crippen LogP contribution is 2.44. The number of hydrogen-bond acceptors (Lipinski definition) is 3. The second-order valence-corrected chi connectivity index (χ2v) is 12.1. The van der Waals surface area contributed by atoms with Crippen LogP contribution in [0.1, 0.15) is 0 Å². The lowest BCUT2D eigenvalue weighted by Gasteiger charge is -2.15. The van der Waals surface area contributed by atoms with Gasteiger partial charge in [0.15, 0.2) is 0 Å². The van der Waals surface area contributed by atoms with Gasteiger partial charge in [-0.1, -0.05) is 115 Å². The van der Waals surface area contributed by atoms with Crippen molar-refractivity contribution in [1.82, 2.24) is 9.97 Å². The van der Waals surface area contributed by atoms with Crippen LogP contribution in [0.4, 0.5) is 0 Å². The van der Waals surface area contributed by atoms with E-state index in [1.807, 2.05) is 23.6 Å². The number of rotatable bonds is 3. The molecule has 6 aromatic carbocycles. The number of para-hydroxylation sites is 1. The first-order chi connectivity index (χ1) is 21.3. The first-order valence-electron chi connectivity index (χ1n) is 14.5. The molecule has 0 amide bonds. The molecule has 0 saturated heterocycles. The number of fused-ring (bicyclic) bond motifs is 8. The maximum atomic E-state index is 5.44. The fourth-order valence-corrected chi connectivity index (χ4v) is 7.57. The Morgan fingerprint density at radius 2 is 1.23 bits per heavy atom. The molecule has 0 aliphatic carbocycles. The van der Waals surface area contributed by atoms with Crippen LogP contribution in [-0.2, 0) is 0 Å². The second kappa shape index (κ2) is 9.59. The van der Waals surface area contributed by atoms with Crippen molar-refractivity contribution in [2.75, 3.05) is 0 Å². The second-order valence-electron chi connectivity index (χ2n) is 11.0. The average molecular weight is 565 g/mol. The molecule has 0 fully saturated rings. The SMILES string of the molecule is c1ccc(-c2cc3ccc(-c4cccc5c4nc(-c4ccccc4)c4ccc6sc7ccccc7c6c45)cc3cn2)cc1. The van der Waals surface area contributed by atoms with Gasteiger partial charge in [-0.2, -0.15) is 0 Å². The molecule has 2 nitrogen and oxygen atoms in total. The fourth-order valence-electron chi connectivity index (χ4n) is 6.46. The van der Waals surface area contributed by atoms with Crippen LogP contribution in [0.3, 0.4) is 0 Å². The highest BCUT2D eigenvalue weighted by Gasteiger charge is 2.18. The molecule has 0 spiro atoms. The van der Waals surface area contributed by atoms with Gasteiger partial charge in [-0.15, -0.1) is 11.3 Å². The summed E-state index contributed by atoms with van der Waals surface area (Å²) in [4.78, 5) is 10.3. The third kappa shape index (κ3) is 3.86. The molecule has 0 radical (unpaired) electrons. The minimum atomic E-state index is 0.985. The Kier molecular flexibility index (Phi) is 5.40. The van der Waals surface area contributed by atoms with E-state index in [9.17, 15) is 0 Å². The average Bonchev–Trinajstić information content (AvgIpc) is 3.47. The van der Waals surface area contributed by atoms with Crippen molar-refractivity contribution in [3.8, 4) is 33.6 Å². The van der Waals surface area contributed by atoms with Gasteiger partial charge in [0.25, 0.3) is 0 Å². The molecule has 3 aromatic heterocycles. The number of thiophene rings is 1. The Morgan fingerprint density at radius 1 is 0.465 bits per heavy atom. The van der Waals surface area contributed by atoms with E-state index in [1.165, 1.54) is 41.7 Å². The molecule has 0 aliphatic heterocycles. The Morgan fingerprint density at radius 3 is 2.09 bits per heavy atom. The van der Waals surface area contributed by atoms with Crippen LogP contribution < -0.4 is 0 Å². The van der Waals surface area contributed by atoms with Gasteiger partial charge in [0.05, 0.1) is 16.9 Å². The van der Waals surface area contributed by atoms with Crippen molar-refractivity contribution in [1.29, 1.82) is 0 Å². The van der Waals surface area contributed by atoms with Crippen molar-refractivity contribution < 1.29 is 0 Å². The maximum absolute atomic E-state index is 5.44. The normalized spacial score (nSPS) is 11.7. The van der Waals surface area contributed by atoms with Crippen molar-refractivity contribution in [3.63, 3.8) is 0 Å². The van der Waals surface area contributed by atoms with Crippen LogP contribution in [0.2, 0.25) is 0 Å². The number of hydrogen-bond donors (Lipinski definition) is 0. The van der Waals surface area contributed by atoms with E-state index in [0.29, 0.717) is 0 Å². The molecule has 3 heteroatoms. The zero-order chi connectivity index (χ0) is 28.3.